The SMILES string of the molecule is COc1ccc(C(=O)CC(CC2CCCCC2)C(=O)O)cc1.O=C(CC(Cc1ccc2ccccc2c1)C(=O)O)c1ccccc1.O=C(CC(Cc1ccccc1)C(=O)O)c1ccc(F)cc1.O=C(CC(Cc1ccccc1)C(=O)O)c1ccccc1. The van der Waals surface area contributed by atoms with Crippen LogP contribution in [0.1, 0.15) is 122 Å². The molecule has 9 rings (SSSR count). The van der Waals surface area contributed by atoms with Gasteiger partial charge in [0.2, 0.25) is 0 Å². The van der Waals surface area contributed by atoms with Crippen molar-refractivity contribution < 1.29 is 67.9 Å². The highest BCUT2D eigenvalue weighted by molar-refractivity contribution is 6.00. The number of aliphatic carboxylic acids is 4. The largest absolute Gasteiger partial charge is 0.497 e. The van der Waals surface area contributed by atoms with Crippen molar-refractivity contribution in [3.05, 3.63) is 257 Å². The number of methoxy groups -OCH3 is 1. The van der Waals surface area contributed by atoms with Gasteiger partial charge in [0.25, 0.3) is 0 Å². The Morgan fingerprint density at radius 1 is 0.391 bits per heavy atom. The Morgan fingerprint density at radius 2 is 0.736 bits per heavy atom. The molecule has 4 N–H and O–H groups in total. The van der Waals surface area contributed by atoms with Crippen molar-refractivity contribution in [2.75, 3.05) is 7.11 Å². The molecule has 450 valence electrons. The van der Waals surface area contributed by atoms with Gasteiger partial charge in [-0.25, -0.2) is 4.39 Å². The summed E-state index contributed by atoms with van der Waals surface area (Å²) in [5, 5.41) is 39.6. The van der Waals surface area contributed by atoms with Gasteiger partial charge in [0.15, 0.2) is 23.1 Å². The molecule has 8 aromatic rings. The number of carbonyl (C=O) groups is 8. The molecule has 87 heavy (non-hydrogen) atoms. The fourth-order valence-electron chi connectivity index (χ4n) is 10.3. The first kappa shape index (κ1) is 66.4. The molecule has 0 radical (unpaired) electrons. The number of rotatable bonds is 25. The minimum absolute atomic E-state index is 0.00612. The number of benzene rings is 8. The van der Waals surface area contributed by atoms with Gasteiger partial charge in [0.1, 0.15) is 11.6 Å². The fourth-order valence-corrected chi connectivity index (χ4v) is 10.3. The maximum atomic E-state index is 12.8. The second-order valence-corrected chi connectivity index (χ2v) is 21.6. The van der Waals surface area contributed by atoms with Crippen LogP contribution in [0.25, 0.3) is 10.8 Å². The third-order valence-electron chi connectivity index (χ3n) is 15.2. The Bertz CT molecular complexity index is 3490. The number of carboxylic acid groups (broad SMARTS) is 4. The molecule has 8 aromatic carbocycles. The van der Waals surface area contributed by atoms with E-state index < -0.39 is 53.4 Å². The normalized spacial score (nSPS) is 13.2. The monoisotopic (exact) mass is 1180 g/mol. The van der Waals surface area contributed by atoms with Gasteiger partial charge in [-0.1, -0.05) is 196 Å². The van der Waals surface area contributed by atoms with Crippen LogP contribution < -0.4 is 4.74 Å². The topological polar surface area (TPSA) is 227 Å². The number of carbonyl (C=O) groups excluding carboxylic acids is 4. The van der Waals surface area contributed by atoms with E-state index in [2.05, 4.69) is 0 Å². The van der Waals surface area contributed by atoms with Crippen LogP contribution in [0, 0.1) is 35.4 Å². The summed E-state index contributed by atoms with van der Waals surface area (Å²) in [6, 6.07) is 62.1. The maximum absolute atomic E-state index is 12.8. The lowest BCUT2D eigenvalue weighted by atomic mass is 9.81. The van der Waals surface area contributed by atoms with Crippen LogP contribution in [0.5, 0.6) is 5.75 Å². The van der Waals surface area contributed by atoms with E-state index in [0.717, 1.165) is 40.3 Å². The van der Waals surface area contributed by atoms with Crippen molar-refractivity contribution in [1.82, 2.24) is 0 Å². The lowest BCUT2D eigenvalue weighted by molar-refractivity contribution is -0.143. The van der Waals surface area contributed by atoms with Gasteiger partial charge in [-0.2, -0.15) is 0 Å². The molecule has 14 heteroatoms. The Morgan fingerprint density at radius 3 is 1.14 bits per heavy atom. The first-order valence-corrected chi connectivity index (χ1v) is 29.0. The van der Waals surface area contributed by atoms with Crippen LogP contribution in [-0.2, 0) is 38.4 Å². The van der Waals surface area contributed by atoms with Gasteiger partial charge in [0.05, 0.1) is 30.8 Å². The highest BCUT2D eigenvalue weighted by Crippen LogP contribution is 2.31. The van der Waals surface area contributed by atoms with Crippen molar-refractivity contribution in [3.8, 4) is 5.75 Å². The minimum atomic E-state index is -1.01. The third-order valence-corrected chi connectivity index (χ3v) is 15.2. The molecule has 0 spiro atoms. The molecule has 4 atom stereocenters. The van der Waals surface area contributed by atoms with Crippen molar-refractivity contribution in [2.45, 2.75) is 83.5 Å². The van der Waals surface area contributed by atoms with Crippen LogP contribution in [0.2, 0.25) is 0 Å². The lowest BCUT2D eigenvalue weighted by Gasteiger charge is -2.24. The summed E-state index contributed by atoms with van der Waals surface area (Å²) in [5.41, 5.74) is 4.74. The van der Waals surface area contributed by atoms with Crippen molar-refractivity contribution >= 4 is 57.8 Å². The fraction of sp³-hybridized carbons (Fsp3) is 0.260. The molecular formula is C73H73FO13. The predicted octanol–water partition coefficient (Wildman–Crippen LogP) is 14.8. The number of ketones is 4. The summed E-state index contributed by atoms with van der Waals surface area (Å²) < 4.78 is 17.9. The van der Waals surface area contributed by atoms with Crippen LogP contribution in [-0.4, -0.2) is 74.5 Å². The summed E-state index contributed by atoms with van der Waals surface area (Å²) in [5.74, 6) is -6.45. The van der Waals surface area contributed by atoms with Gasteiger partial charge in [0, 0.05) is 47.9 Å². The molecule has 0 bridgehead atoms. The Hall–Kier alpha value is -9.69. The smallest absolute Gasteiger partial charge is 0.307 e. The molecule has 1 saturated carbocycles. The third kappa shape index (κ3) is 22.7. The van der Waals surface area contributed by atoms with Crippen LogP contribution in [0.3, 0.4) is 0 Å². The van der Waals surface area contributed by atoms with E-state index in [1.54, 1.807) is 79.9 Å². The number of hydrogen-bond acceptors (Lipinski definition) is 9. The molecule has 4 unspecified atom stereocenters. The summed E-state index contributed by atoms with van der Waals surface area (Å²) in [6.45, 7) is 0. The van der Waals surface area contributed by atoms with E-state index in [-0.39, 0.29) is 48.8 Å². The zero-order valence-electron chi connectivity index (χ0n) is 48.6. The molecule has 13 nitrogen and oxygen atoms in total. The van der Waals surface area contributed by atoms with Crippen LogP contribution in [0.4, 0.5) is 4.39 Å². The molecule has 0 heterocycles. The van der Waals surface area contributed by atoms with E-state index in [9.17, 15) is 63.2 Å². The van der Waals surface area contributed by atoms with E-state index in [4.69, 9.17) is 4.74 Å². The zero-order valence-corrected chi connectivity index (χ0v) is 48.6. The Kier molecular flexibility index (Phi) is 26.7. The lowest BCUT2D eigenvalue weighted by Crippen LogP contribution is -2.22. The van der Waals surface area contributed by atoms with Gasteiger partial charge < -0.3 is 25.2 Å². The predicted molar refractivity (Wildman–Crippen MR) is 332 cm³/mol. The highest BCUT2D eigenvalue weighted by atomic mass is 19.1. The summed E-state index contributed by atoms with van der Waals surface area (Å²) in [6.07, 6.45) is 7.45. The van der Waals surface area contributed by atoms with Crippen molar-refractivity contribution in [2.24, 2.45) is 29.6 Å². The van der Waals surface area contributed by atoms with Gasteiger partial charge in [-0.3, -0.25) is 38.4 Å². The molecule has 1 fully saturated rings. The summed E-state index contributed by atoms with van der Waals surface area (Å²) >= 11 is 0. The second kappa shape index (κ2) is 34.9. The Balaban J connectivity index is 0.000000186. The van der Waals surface area contributed by atoms with Crippen LogP contribution in [0.15, 0.2) is 212 Å². The number of hydrogen-bond donors (Lipinski definition) is 4. The number of carboxylic acids is 4. The molecular weight excluding hydrogens is 1100 g/mol. The molecule has 0 aliphatic heterocycles. The molecule has 1 aliphatic carbocycles. The first-order valence-electron chi connectivity index (χ1n) is 29.0. The molecule has 0 amide bonds. The van der Waals surface area contributed by atoms with Gasteiger partial charge in [-0.05, 0) is 108 Å². The summed E-state index contributed by atoms with van der Waals surface area (Å²) in [4.78, 5) is 94.4. The van der Waals surface area contributed by atoms with E-state index in [1.165, 1.54) is 43.5 Å². The second-order valence-electron chi connectivity index (χ2n) is 21.6. The van der Waals surface area contributed by atoms with E-state index in [1.807, 2.05) is 115 Å². The molecule has 1 aliphatic rings. The first-order chi connectivity index (χ1) is 42.0. The average Bonchev–Trinajstić information content (AvgIpc) is 3.57. The van der Waals surface area contributed by atoms with Crippen molar-refractivity contribution in [3.63, 3.8) is 0 Å². The number of fused-ring (bicyclic) bond motifs is 1. The van der Waals surface area contributed by atoms with E-state index in [0.29, 0.717) is 59.6 Å². The van der Waals surface area contributed by atoms with E-state index >= 15 is 0 Å². The zero-order chi connectivity index (χ0) is 62.5. The van der Waals surface area contributed by atoms with Gasteiger partial charge >= 0.3 is 23.9 Å². The summed E-state index contributed by atoms with van der Waals surface area (Å²) in [7, 11) is 1.57. The maximum Gasteiger partial charge on any atom is 0.307 e. The number of halogens is 1. The van der Waals surface area contributed by atoms with Crippen LogP contribution >= 0.6 is 0 Å². The molecule has 0 aromatic heterocycles. The standard InChI is InChI=1S/C21H18O3.C18H24O4.C17H15FO3.C17H16O3/c22-20(17-7-2-1-3-8-17)14-19(21(23)24)13-15-10-11-16-6-4-5-9-18(16)12-15;1-22-16-9-7-14(8-10-16)17(19)12-15(18(20)21)11-13-5-3-2-4-6-13;18-15-8-6-13(7-9-15)16(19)11-14(17(20)21)10-12-4-2-1-3-5-12;18-16(14-9-5-2-6-10-14)12-15(17(19)20)11-13-7-3-1-4-8-13/h1-12,19H,13-14H2,(H,23,24);7-10,13,15H,2-6,11-12H2,1H3,(H,20,21);1-9,14H,10-11H2,(H,20,21);1-10,15H,11-12H2,(H,19,20). The molecule has 0 saturated heterocycles. The quantitative estimate of drug-likeness (QED) is 0.0391. The number of ether oxygens (including phenoxy) is 1. The number of Topliss-reactive ketones (excluding diaryl/α,β-unsaturated/α-hetero) is 4. The van der Waals surface area contributed by atoms with Gasteiger partial charge in [-0.15, -0.1) is 0 Å². The minimum Gasteiger partial charge on any atom is -0.497 e. The average molecular weight is 1180 g/mol. The van der Waals surface area contributed by atoms with Crippen molar-refractivity contribution in [1.29, 1.82) is 0 Å². The highest BCUT2D eigenvalue weighted by Gasteiger charge is 2.28. The Labute approximate surface area is 506 Å².